The van der Waals surface area contributed by atoms with Crippen LogP contribution in [0.2, 0.25) is 0 Å². The number of hydrogen-bond donors (Lipinski definition) is 0. The Hall–Kier alpha value is -1.72. The highest BCUT2D eigenvalue weighted by Gasteiger charge is 2.40. The summed E-state index contributed by atoms with van der Waals surface area (Å²) in [5.74, 6) is 0.311. The quantitative estimate of drug-likeness (QED) is 0.436. The third-order valence-electron chi connectivity index (χ3n) is 6.05. The molecule has 5 heteroatoms. The summed E-state index contributed by atoms with van der Waals surface area (Å²) >= 11 is 0. The second kappa shape index (κ2) is 8.11. The van der Waals surface area contributed by atoms with E-state index in [1.54, 1.807) is 6.92 Å². The van der Waals surface area contributed by atoms with E-state index in [2.05, 4.69) is 25.9 Å². The summed E-state index contributed by atoms with van der Waals surface area (Å²) in [5, 5.41) is 4.17. The van der Waals surface area contributed by atoms with E-state index in [1.165, 1.54) is 22.3 Å². The van der Waals surface area contributed by atoms with Crippen molar-refractivity contribution >= 4 is 11.5 Å². The summed E-state index contributed by atoms with van der Waals surface area (Å²) in [7, 11) is 0. The largest absolute Gasteiger partial charge is 0.396 e. The molecule has 1 heterocycles. The van der Waals surface area contributed by atoms with Crippen molar-refractivity contribution in [3.05, 3.63) is 33.4 Å². The van der Waals surface area contributed by atoms with Gasteiger partial charge in [0.2, 0.25) is 6.29 Å². The number of carbonyl (C=O) groups excluding carboxylic acids is 1. The summed E-state index contributed by atoms with van der Waals surface area (Å²) in [6, 6.07) is 0. The maximum Gasteiger partial charge on any atom is 0.200 e. The zero-order chi connectivity index (χ0) is 19.7. The van der Waals surface area contributed by atoms with Crippen molar-refractivity contribution in [3.63, 3.8) is 0 Å². The van der Waals surface area contributed by atoms with E-state index in [1.807, 2.05) is 13.8 Å². The number of benzene rings is 1. The Morgan fingerprint density at radius 2 is 1.93 bits per heavy atom. The second-order valence-corrected chi connectivity index (χ2v) is 7.54. The molecule has 1 fully saturated rings. The van der Waals surface area contributed by atoms with Crippen LogP contribution in [0.25, 0.3) is 0 Å². The number of nitrogens with zero attached hydrogens (tertiary/aromatic N) is 1. The number of rotatable bonds is 5. The summed E-state index contributed by atoms with van der Waals surface area (Å²) in [5.41, 5.74) is 7.75. The van der Waals surface area contributed by atoms with Crippen LogP contribution < -0.4 is 0 Å². The van der Waals surface area contributed by atoms with Gasteiger partial charge >= 0.3 is 0 Å². The lowest BCUT2D eigenvalue weighted by Gasteiger charge is -2.42. The molecular formula is C22H31NO4. The van der Waals surface area contributed by atoms with Crippen molar-refractivity contribution in [2.45, 2.75) is 79.1 Å². The number of Topliss-reactive ketones (excluding diaryl/α,β-unsaturated/α-hetero) is 1. The number of ether oxygens (including phenoxy) is 2. The van der Waals surface area contributed by atoms with Crippen molar-refractivity contribution in [1.82, 2.24) is 0 Å². The number of hydrogen-bond acceptors (Lipinski definition) is 5. The van der Waals surface area contributed by atoms with Crippen LogP contribution in [-0.4, -0.2) is 37.1 Å². The van der Waals surface area contributed by atoms with Crippen molar-refractivity contribution in [1.29, 1.82) is 0 Å². The Kier molecular flexibility index (Phi) is 6.02. The van der Waals surface area contributed by atoms with Crippen molar-refractivity contribution in [2.24, 2.45) is 5.16 Å². The van der Waals surface area contributed by atoms with E-state index in [-0.39, 0.29) is 17.8 Å². The van der Waals surface area contributed by atoms with E-state index >= 15 is 0 Å². The fourth-order valence-corrected chi connectivity index (χ4v) is 4.51. The van der Waals surface area contributed by atoms with Crippen LogP contribution in [0, 0.1) is 20.8 Å². The maximum absolute atomic E-state index is 12.4. The summed E-state index contributed by atoms with van der Waals surface area (Å²) in [4.78, 5) is 17.6. The molecule has 0 amide bonds. The molecule has 3 unspecified atom stereocenters. The summed E-state index contributed by atoms with van der Waals surface area (Å²) < 4.78 is 12.4. The van der Waals surface area contributed by atoms with Crippen LogP contribution in [0.4, 0.5) is 0 Å². The summed E-state index contributed by atoms with van der Waals surface area (Å²) in [6.07, 6.45) is 2.12. The van der Waals surface area contributed by atoms with Gasteiger partial charge in [-0.25, -0.2) is 0 Å². The monoisotopic (exact) mass is 373 g/mol. The minimum absolute atomic E-state index is 0.0789. The zero-order valence-corrected chi connectivity index (χ0v) is 17.3. The number of oxime groups is 1. The first-order valence-electron chi connectivity index (χ1n) is 9.99. The lowest BCUT2D eigenvalue weighted by atomic mass is 9.73. The van der Waals surface area contributed by atoms with Crippen molar-refractivity contribution < 1.29 is 19.1 Å². The predicted molar refractivity (Wildman–Crippen MR) is 106 cm³/mol. The lowest BCUT2D eigenvalue weighted by molar-refractivity contribution is -0.191. The Morgan fingerprint density at radius 1 is 1.19 bits per heavy atom. The third kappa shape index (κ3) is 3.55. The number of carbonyl (C=O) groups is 1. The molecule has 1 aromatic carbocycles. The van der Waals surface area contributed by atoms with Crippen LogP contribution in [0.5, 0.6) is 0 Å². The minimum Gasteiger partial charge on any atom is -0.396 e. The van der Waals surface area contributed by atoms with Crippen molar-refractivity contribution in [2.75, 3.05) is 13.2 Å². The average Bonchev–Trinajstić information content (AvgIpc) is 2.66. The van der Waals surface area contributed by atoms with Gasteiger partial charge in [-0.1, -0.05) is 12.1 Å². The highest BCUT2D eigenvalue weighted by atomic mass is 16.7. The van der Waals surface area contributed by atoms with E-state index < -0.39 is 6.29 Å². The Bertz CT molecular complexity index is 768. The molecule has 0 aromatic heterocycles. The number of ketones is 1. The van der Waals surface area contributed by atoms with Gasteiger partial charge in [-0.05, 0) is 81.7 Å². The van der Waals surface area contributed by atoms with Gasteiger partial charge in [-0.2, -0.15) is 0 Å². The second-order valence-electron chi connectivity index (χ2n) is 7.54. The third-order valence-corrected chi connectivity index (χ3v) is 6.05. The van der Waals surface area contributed by atoms with Gasteiger partial charge in [0.15, 0.2) is 5.78 Å². The van der Waals surface area contributed by atoms with Crippen LogP contribution in [0.3, 0.4) is 0 Å². The standard InChI is InChI=1S/C22H31NO4/c1-7-18(23-26-8-2)22-25-11-17-19(27-22)10-9-16-20(15(6)24)13(4)12(3)14(5)21(16)17/h17,19,22H,7-11H2,1-6H3. The van der Waals surface area contributed by atoms with Gasteiger partial charge in [0.05, 0.1) is 12.7 Å². The van der Waals surface area contributed by atoms with Crippen LogP contribution in [-0.2, 0) is 20.7 Å². The Labute approximate surface area is 162 Å². The van der Waals surface area contributed by atoms with Gasteiger partial charge in [0.1, 0.15) is 12.3 Å². The molecule has 1 aliphatic carbocycles. The predicted octanol–water partition coefficient (Wildman–Crippen LogP) is 4.39. The normalized spacial score (nSPS) is 25.0. The smallest absolute Gasteiger partial charge is 0.200 e. The van der Waals surface area contributed by atoms with Crippen LogP contribution >= 0.6 is 0 Å². The van der Waals surface area contributed by atoms with E-state index in [0.29, 0.717) is 13.2 Å². The molecule has 0 radical (unpaired) electrons. The van der Waals surface area contributed by atoms with E-state index in [0.717, 1.165) is 36.1 Å². The SMILES string of the molecule is CCON=C(CC)C1OCC2c3c(C)c(C)c(C)c(C(C)=O)c3CCC2O1. The molecule has 2 aliphatic rings. The molecule has 1 aromatic rings. The molecule has 3 rings (SSSR count). The van der Waals surface area contributed by atoms with Gasteiger partial charge < -0.3 is 14.3 Å². The molecule has 0 spiro atoms. The molecule has 0 N–H and O–H groups in total. The van der Waals surface area contributed by atoms with Gasteiger partial charge in [0, 0.05) is 11.5 Å². The van der Waals surface area contributed by atoms with Crippen molar-refractivity contribution in [3.8, 4) is 0 Å². The number of fused-ring (bicyclic) bond motifs is 3. The molecule has 1 saturated heterocycles. The maximum atomic E-state index is 12.4. The fourth-order valence-electron chi connectivity index (χ4n) is 4.51. The summed E-state index contributed by atoms with van der Waals surface area (Å²) in [6.45, 7) is 13.1. The first kappa shape index (κ1) is 20.0. The van der Waals surface area contributed by atoms with Gasteiger partial charge in [-0.3, -0.25) is 4.79 Å². The highest BCUT2D eigenvalue weighted by molar-refractivity contribution is 5.98. The minimum atomic E-state index is -0.441. The first-order valence-corrected chi connectivity index (χ1v) is 9.99. The van der Waals surface area contributed by atoms with E-state index in [9.17, 15) is 4.79 Å². The fraction of sp³-hybridized carbons (Fsp3) is 0.636. The first-order chi connectivity index (χ1) is 12.9. The van der Waals surface area contributed by atoms with E-state index in [4.69, 9.17) is 14.3 Å². The molecule has 3 atom stereocenters. The van der Waals surface area contributed by atoms with Gasteiger partial charge in [-0.15, -0.1) is 0 Å². The molecule has 1 aliphatic heterocycles. The average molecular weight is 373 g/mol. The molecule has 27 heavy (non-hydrogen) atoms. The topological polar surface area (TPSA) is 57.1 Å². The zero-order valence-electron chi connectivity index (χ0n) is 17.3. The molecular weight excluding hydrogens is 342 g/mol. The Balaban J connectivity index is 1.95. The van der Waals surface area contributed by atoms with Gasteiger partial charge in [0.25, 0.3) is 0 Å². The van der Waals surface area contributed by atoms with Crippen LogP contribution in [0.1, 0.15) is 77.7 Å². The molecule has 0 bridgehead atoms. The lowest BCUT2D eigenvalue weighted by Crippen LogP contribution is -2.45. The van der Waals surface area contributed by atoms with Crippen LogP contribution in [0.15, 0.2) is 5.16 Å². The molecule has 5 nitrogen and oxygen atoms in total. The highest BCUT2D eigenvalue weighted by Crippen LogP contribution is 2.43. The Morgan fingerprint density at radius 3 is 2.56 bits per heavy atom. The molecule has 0 saturated carbocycles. The molecule has 148 valence electrons.